The van der Waals surface area contributed by atoms with Crippen LogP contribution in [0.1, 0.15) is 29.6 Å². The minimum absolute atomic E-state index is 0.0880. The normalized spacial score (nSPS) is 17.8. The molecule has 1 fully saturated rings. The first-order valence-corrected chi connectivity index (χ1v) is 8.48. The van der Waals surface area contributed by atoms with E-state index in [0.717, 1.165) is 36.8 Å². The third-order valence-corrected chi connectivity index (χ3v) is 4.19. The van der Waals surface area contributed by atoms with Crippen molar-refractivity contribution < 1.29 is 9.59 Å². The molecule has 0 radical (unpaired) electrons. The summed E-state index contributed by atoms with van der Waals surface area (Å²) in [5.41, 5.74) is 0.631. The van der Waals surface area contributed by atoms with E-state index in [4.69, 9.17) is 0 Å². The van der Waals surface area contributed by atoms with Crippen LogP contribution in [0.4, 0.5) is 0 Å². The quantitative estimate of drug-likeness (QED) is 0.670. The number of benzene rings is 1. The monoisotopic (exact) mass is 367 g/mol. The van der Waals surface area contributed by atoms with Crippen molar-refractivity contribution in [3.63, 3.8) is 0 Å². The predicted octanol–water partition coefficient (Wildman–Crippen LogP) is 1.68. The van der Waals surface area contributed by atoms with Crippen LogP contribution in [0.2, 0.25) is 0 Å². The maximum atomic E-state index is 11.9. The molecule has 1 aliphatic rings. The van der Waals surface area contributed by atoms with E-state index < -0.39 is 0 Å². The molecule has 3 N–H and O–H groups in total. The molecule has 1 heterocycles. The lowest BCUT2D eigenvalue weighted by molar-refractivity contribution is -0.125. The Morgan fingerprint density at radius 2 is 2.09 bits per heavy atom. The molecule has 120 valence electrons. The topological polar surface area (TPSA) is 70.2 Å². The number of halogens is 1. The number of carbonyl (C=O) groups is 2. The molecule has 1 aromatic rings. The second-order valence-electron chi connectivity index (χ2n) is 5.45. The number of carbonyl (C=O) groups excluding carboxylic acids is 2. The highest BCUT2D eigenvalue weighted by molar-refractivity contribution is 9.10. The van der Waals surface area contributed by atoms with Crippen molar-refractivity contribution >= 4 is 27.7 Å². The molecular formula is C16H22BrN3O2. The number of piperidine rings is 1. The summed E-state index contributed by atoms with van der Waals surface area (Å²) in [5.74, 6) is 0.111. The van der Waals surface area contributed by atoms with E-state index >= 15 is 0 Å². The number of hydrogen-bond acceptors (Lipinski definition) is 3. The van der Waals surface area contributed by atoms with E-state index in [9.17, 15) is 9.59 Å². The molecule has 0 saturated carbocycles. The van der Waals surface area contributed by atoms with Crippen LogP contribution >= 0.6 is 15.9 Å². The Morgan fingerprint density at radius 1 is 1.27 bits per heavy atom. The van der Waals surface area contributed by atoms with Gasteiger partial charge in [-0.25, -0.2) is 0 Å². The molecule has 0 spiro atoms. The Morgan fingerprint density at radius 3 is 2.82 bits per heavy atom. The van der Waals surface area contributed by atoms with Crippen LogP contribution in [0.5, 0.6) is 0 Å². The van der Waals surface area contributed by atoms with Gasteiger partial charge in [0.1, 0.15) is 0 Å². The number of rotatable bonds is 6. The van der Waals surface area contributed by atoms with Crippen molar-refractivity contribution in [2.45, 2.75) is 19.3 Å². The largest absolute Gasteiger partial charge is 0.356 e. The summed E-state index contributed by atoms with van der Waals surface area (Å²) in [4.78, 5) is 23.8. The maximum absolute atomic E-state index is 11.9. The second-order valence-corrected chi connectivity index (χ2v) is 6.37. The second kappa shape index (κ2) is 8.90. The molecule has 6 heteroatoms. The standard InChI is InChI=1S/C16H22BrN3O2/c17-14-6-1-4-12(10-14)15(21)19-8-3-9-20-16(22)13-5-2-7-18-11-13/h1,4,6,10,13,18H,2-3,5,7-9,11H2,(H,19,21)(H,20,22). The fourth-order valence-corrected chi connectivity index (χ4v) is 2.85. The Labute approximate surface area is 139 Å². The molecule has 1 aliphatic heterocycles. The Bertz CT molecular complexity index is 516. The summed E-state index contributed by atoms with van der Waals surface area (Å²) in [6, 6.07) is 7.27. The lowest BCUT2D eigenvalue weighted by Gasteiger charge is -2.21. The zero-order chi connectivity index (χ0) is 15.8. The minimum atomic E-state index is -0.0934. The zero-order valence-corrected chi connectivity index (χ0v) is 14.1. The van der Waals surface area contributed by atoms with Crippen LogP contribution in [0, 0.1) is 5.92 Å². The summed E-state index contributed by atoms with van der Waals surface area (Å²) in [7, 11) is 0. The van der Waals surface area contributed by atoms with E-state index in [1.54, 1.807) is 12.1 Å². The van der Waals surface area contributed by atoms with Crippen molar-refractivity contribution in [2.24, 2.45) is 5.92 Å². The molecule has 1 unspecified atom stereocenters. The summed E-state index contributed by atoms with van der Waals surface area (Å²) in [5, 5.41) is 9.03. The van der Waals surface area contributed by atoms with Gasteiger partial charge in [0.15, 0.2) is 0 Å². The predicted molar refractivity (Wildman–Crippen MR) is 89.7 cm³/mol. The first-order chi connectivity index (χ1) is 10.7. The summed E-state index contributed by atoms with van der Waals surface area (Å²) in [6.07, 6.45) is 2.74. The SMILES string of the molecule is O=C(NCCCNC(=O)C1CCCNC1)c1cccc(Br)c1. The lowest BCUT2D eigenvalue weighted by Crippen LogP contribution is -2.41. The Hall–Kier alpha value is -1.40. The summed E-state index contributed by atoms with van der Waals surface area (Å²) in [6.45, 7) is 2.92. The van der Waals surface area contributed by atoms with Crippen molar-refractivity contribution in [1.82, 2.24) is 16.0 Å². The molecule has 2 rings (SSSR count). The van der Waals surface area contributed by atoms with Crippen molar-refractivity contribution in [3.8, 4) is 0 Å². The Kier molecular flexibility index (Phi) is 6.86. The minimum Gasteiger partial charge on any atom is -0.356 e. The van der Waals surface area contributed by atoms with Crippen LogP contribution < -0.4 is 16.0 Å². The third-order valence-electron chi connectivity index (χ3n) is 3.69. The first kappa shape index (κ1) is 17.0. The van der Waals surface area contributed by atoms with Crippen molar-refractivity contribution in [3.05, 3.63) is 34.3 Å². The molecular weight excluding hydrogens is 346 g/mol. The molecule has 5 nitrogen and oxygen atoms in total. The number of amides is 2. The summed E-state index contributed by atoms with van der Waals surface area (Å²) < 4.78 is 0.883. The van der Waals surface area contributed by atoms with Gasteiger partial charge in [-0.2, -0.15) is 0 Å². The highest BCUT2D eigenvalue weighted by Gasteiger charge is 2.19. The molecule has 1 aromatic carbocycles. The van der Waals surface area contributed by atoms with Crippen LogP contribution in [0.15, 0.2) is 28.7 Å². The zero-order valence-electron chi connectivity index (χ0n) is 12.5. The van der Waals surface area contributed by atoms with Gasteiger partial charge in [-0.3, -0.25) is 9.59 Å². The summed E-state index contributed by atoms with van der Waals surface area (Å²) >= 11 is 3.34. The van der Waals surface area contributed by atoms with Crippen LogP contribution in [-0.2, 0) is 4.79 Å². The van der Waals surface area contributed by atoms with Gasteiger partial charge in [-0.05, 0) is 44.0 Å². The van der Waals surface area contributed by atoms with Crippen molar-refractivity contribution in [1.29, 1.82) is 0 Å². The van der Waals surface area contributed by atoms with Gasteiger partial charge in [0.2, 0.25) is 5.91 Å². The number of hydrogen-bond donors (Lipinski definition) is 3. The van der Waals surface area contributed by atoms with Gasteiger partial charge in [0, 0.05) is 29.7 Å². The lowest BCUT2D eigenvalue weighted by atomic mass is 9.99. The van der Waals surface area contributed by atoms with E-state index in [1.165, 1.54) is 0 Å². The van der Waals surface area contributed by atoms with E-state index in [1.807, 2.05) is 12.1 Å². The van der Waals surface area contributed by atoms with Gasteiger partial charge < -0.3 is 16.0 Å². The van der Waals surface area contributed by atoms with E-state index in [2.05, 4.69) is 31.9 Å². The van der Waals surface area contributed by atoms with Crippen molar-refractivity contribution in [2.75, 3.05) is 26.2 Å². The van der Waals surface area contributed by atoms with Gasteiger partial charge in [-0.15, -0.1) is 0 Å². The molecule has 0 aliphatic carbocycles. The highest BCUT2D eigenvalue weighted by Crippen LogP contribution is 2.11. The first-order valence-electron chi connectivity index (χ1n) is 7.69. The van der Waals surface area contributed by atoms with Gasteiger partial charge >= 0.3 is 0 Å². The van der Waals surface area contributed by atoms with Gasteiger partial charge in [-0.1, -0.05) is 22.0 Å². The van der Waals surface area contributed by atoms with Gasteiger partial charge in [0.05, 0.1) is 5.92 Å². The van der Waals surface area contributed by atoms with Gasteiger partial charge in [0.25, 0.3) is 5.91 Å². The van der Waals surface area contributed by atoms with E-state index in [-0.39, 0.29) is 17.7 Å². The molecule has 0 aromatic heterocycles. The maximum Gasteiger partial charge on any atom is 0.251 e. The molecule has 1 atom stereocenters. The molecule has 0 bridgehead atoms. The molecule has 2 amide bonds. The van der Waals surface area contributed by atoms with Crippen LogP contribution in [0.25, 0.3) is 0 Å². The molecule has 1 saturated heterocycles. The fourth-order valence-electron chi connectivity index (χ4n) is 2.45. The Balaban J connectivity index is 1.60. The fraction of sp³-hybridized carbons (Fsp3) is 0.500. The third kappa shape index (κ3) is 5.42. The molecule has 22 heavy (non-hydrogen) atoms. The average molecular weight is 368 g/mol. The average Bonchev–Trinajstić information content (AvgIpc) is 2.55. The smallest absolute Gasteiger partial charge is 0.251 e. The van der Waals surface area contributed by atoms with Crippen LogP contribution in [-0.4, -0.2) is 38.0 Å². The van der Waals surface area contributed by atoms with E-state index in [0.29, 0.717) is 18.7 Å². The van der Waals surface area contributed by atoms with Crippen LogP contribution in [0.3, 0.4) is 0 Å². The highest BCUT2D eigenvalue weighted by atomic mass is 79.9. The number of nitrogens with one attached hydrogen (secondary N) is 3.